The minimum Gasteiger partial charge on any atom is -0.444 e. The van der Waals surface area contributed by atoms with E-state index >= 15 is 0 Å². The maximum Gasteiger partial charge on any atom is 0.410 e. The second kappa shape index (κ2) is 4.84. The van der Waals surface area contributed by atoms with E-state index in [0.29, 0.717) is 13.1 Å². The molecule has 2 rings (SSSR count). The highest BCUT2D eigenvalue weighted by Crippen LogP contribution is 2.21. The van der Waals surface area contributed by atoms with Gasteiger partial charge in [0.15, 0.2) is 5.16 Å². The summed E-state index contributed by atoms with van der Waals surface area (Å²) >= 11 is 1.63. The first-order chi connectivity index (χ1) is 8.40. The van der Waals surface area contributed by atoms with Crippen LogP contribution in [0.2, 0.25) is 0 Å². The lowest BCUT2D eigenvalue weighted by atomic mass is 10.2. The number of carbonyl (C=O) groups excluding carboxylic acids is 1. The molecule has 2 heterocycles. The predicted octanol–water partition coefficient (Wildman–Crippen LogP) is 2.36. The van der Waals surface area contributed by atoms with Crippen molar-refractivity contribution in [2.75, 3.05) is 12.8 Å². The van der Waals surface area contributed by atoms with Gasteiger partial charge in [-0.3, -0.25) is 0 Å². The van der Waals surface area contributed by atoms with E-state index < -0.39 is 5.60 Å². The monoisotopic (exact) mass is 269 g/mol. The van der Waals surface area contributed by atoms with Crippen LogP contribution in [0.3, 0.4) is 0 Å². The zero-order valence-corrected chi connectivity index (χ0v) is 12.1. The van der Waals surface area contributed by atoms with Crippen molar-refractivity contribution in [2.45, 2.75) is 44.6 Å². The average molecular weight is 269 g/mol. The van der Waals surface area contributed by atoms with Gasteiger partial charge in [0.25, 0.3) is 0 Å². The zero-order chi connectivity index (χ0) is 13.3. The Morgan fingerprint density at radius 3 is 2.78 bits per heavy atom. The van der Waals surface area contributed by atoms with Crippen LogP contribution < -0.4 is 0 Å². The van der Waals surface area contributed by atoms with Gasteiger partial charge in [-0.1, -0.05) is 11.8 Å². The van der Waals surface area contributed by atoms with Gasteiger partial charge in [0.2, 0.25) is 0 Å². The highest BCUT2D eigenvalue weighted by atomic mass is 32.2. The third-order valence-electron chi connectivity index (χ3n) is 2.68. The van der Waals surface area contributed by atoms with Gasteiger partial charge in [-0.25, -0.2) is 9.78 Å². The van der Waals surface area contributed by atoms with Gasteiger partial charge >= 0.3 is 6.09 Å². The summed E-state index contributed by atoms with van der Waals surface area (Å²) in [5.74, 6) is 0. The Balaban J connectivity index is 2.06. The lowest BCUT2D eigenvalue weighted by Gasteiger charge is -2.31. The number of hydrogen-bond donors (Lipinski definition) is 0. The molecular formula is C12H19N3O2S. The van der Waals surface area contributed by atoms with E-state index in [0.717, 1.165) is 17.4 Å². The number of imidazole rings is 1. The number of thioether (sulfide) groups is 1. The third-order valence-corrected chi connectivity index (χ3v) is 3.37. The Morgan fingerprint density at radius 1 is 1.44 bits per heavy atom. The molecule has 1 aliphatic heterocycles. The first kappa shape index (κ1) is 13.3. The smallest absolute Gasteiger partial charge is 0.410 e. The molecule has 1 aromatic rings. The number of rotatable bonds is 1. The fourth-order valence-corrected chi connectivity index (χ4v) is 2.48. The summed E-state index contributed by atoms with van der Waals surface area (Å²) in [5.41, 5.74) is 0.621. The molecule has 0 saturated heterocycles. The standard InChI is InChI=1S/C12H19N3O2S/c1-12(2,3)17-11(16)14-5-6-15-9(8-14)7-13-10(15)18-4/h7H,5-6,8H2,1-4H3. The zero-order valence-electron chi connectivity index (χ0n) is 11.3. The molecule has 0 N–H and O–H groups in total. The fraction of sp³-hybridized carbons (Fsp3) is 0.667. The Kier molecular flexibility index (Phi) is 3.56. The Hall–Kier alpha value is -1.17. The number of fused-ring (bicyclic) bond motifs is 1. The van der Waals surface area contributed by atoms with Crippen LogP contribution in [0.5, 0.6) is 0 Å². The molecule has 0 saturated carbocycles. The van der Waals surface area contributed by atoms with Crippen molar-refractivity contribution in [3.05, 3.63) is 11.9 Å². The average Bonchev–Trinajstić information content (AvgIpc) is 2.68. The van der Waals surface area contributed by atoms with E-state index in [-0.39, 0.29) is 6.09 Å². The molecular weight excluding hydrogens is 250 g/mol. The van der Waals surface area contributed by atoms with Crippen LogP contribution in [-0.2, 0) is 17.8 Å². The summed E-state index contributed by atoms with van der Waals surface area (Å²) in [6.07, 6.45) is 3.60. The number of ether oxygens (including phenoxy) is 1. The van der Waals surface area contributed by atoms with E-state index in [4.69, 9.17) is 4.74 Å². The van der Waals surface area contributed by atoms with Crippen LogP contribution in [0, 0.1) is 0 Å². The van der Waals surface area contributed by atoms with Crippen molar-refractivity contribution in [1.29, 1.82) is 0 Å². The summed E-state index contributed by atoms with van der Waals surface area (Å²) in [5, 5.41) is 1.01. The highest BCUT2D eigenvalue weighted by molar-refractivity contribution is 7.98. The van der Waals surface area contributed by atoms with Gasteiger partial charge in [-0.2, -0.15) is 0 Å². The van der Waals surface area contributed by atoms with Crippen molar-refractivity contribution in [3.63, 3.8) is 0 Å². The van der Waals surface area contributed by atoms with E-state index in [1.54, 1.807) is 16.7 Å². The van der Waals surface area contributed by atoms with Crippen LogP contribution in [0.4, 0.5) is 4.79 Å². The van der Waals surface area contributed by atoms with Crippen LogP contribution in [0.25, 0.3) is 0 Å². The Morgan fingerprint density at radius 2 is 2.17 bits per heavy atom. The molecule has 18 heavy (non-hydrogen) atoms. The summed E-state index contributed by atoms with van der Waals surface area (Å²) in [6.45, 7) is 7.67. The molecule has 1 aliphatic rings. The highest BCUT2D eigenvalue weighted by Gasteiger charge is 2.26. The van der Waals surface area contributed by atoms with Gasteiger partial charge in [-0.15, -0.1) is 0 Å². The van der Waals surface area contributed by atoms with Crippen molar-refractivity contribution in [1.82, 2.24) is 14.5 Å². The van der Waals surface area contributed by atoms with Gasteiger partial charge in [-0.05, 0) is 27.0 Å². The number of aromatic nitrogens is 2. The molecule has 100 valence electrons. The maximum atomic E-state index is 12.0. The Labute approximate surface area is 112 Å². The van der Waals surface area contributed by atoms with Gasteiger partial charge < -0.3 is 14.2 Å². The normalized spacial score (nSPS) is 15.4. The molecule has 0 fully saturated rings. The van der Waals surface area contributed by atoms with Crippen molar-refractivity contribution < 1.29 is 9.53 Å². The summed E-state index contributed by atoms with van der Waals surface area (Å²) in [4.78, 5) is 18.0. The molecule has 0 aliphatic carbocycles. The van der Waals surface area contributed by atoms with Crippen LogP contribution in [0.1, 0.15) is 26.5 Å². The molecule has 0 atom stereocenters. The molecule has 0 unspecified atom stereocenters. The van der Waals surface area contributed by atoms with E-state index in [1.807, 2.05) is 33.2 Å². The van der Waals surface area contributed by atoms with Crippen LogP contribution >= 0.6 is 11.8 Å². The molecule has 1 amide bonds. The molecule has 0 aromatic carbocycles. The van der Waals surface area contributed by atoms with Gasteiger partial charge in [0, 0.05) is 13.1 Å². The van der Waals surface area contributed by atoms with Crippen LogP contribution in [0.15, 0.2) is 11.4 Å². The summed E-state index contributed by atoms with van der Waals surface area (Å²) in [6, 6.07) is 0. The molecule has 0 bridgehead atoms. The Bertz CT molecular complexity index is 451. The number of hydrogen-bond acceptors (Lipinski definition) is 4. The number of nitrogens with zero attached hydrogens (tertiary/aromatic N) is 3. The first-order valence-corrected chi connectivity index (χ1v) is 7.19. The minimum atomic E-state index is -0.445. The van der Waals surface area contributed by atoms with E-state index in [9.17, 15) is 4.79 Å². The second-order valence-corrected chi connectivity index (χ2v) is 6.06. The molecule has 0 spiro atoms. The summed E-state index contributed by atoms with van der Waals surface area (Å²) in [7, 11) is 0. The molecule has 5 nitrogen and oxygen atoms in total. The third kappa shape index (κ3) is 2.80. The van der Waals surface area contributed by atoms with Crippen molar-refractivity contribution in [3.8, 4) is 0 Å². The predicted molar refractivity (Wildman–Crippen MR) is 70.7 cm³/mol. The van der Waals surface area contributed by atoms with Gasteiger partial charge in [0.1, 0.15) is 5.60 Å². The SMILES string of the molecule is CSc1ncc2n1CCN(C(=O)OC(C)(C)C)C2. The van der Waals surface area contributed by atoms with E-state index in [1.165, 1.54) is 0 Å². The van der Waals surface area contributed by atoms with Crippen LogP contribution in [-0.4, -0.2) is 38.9 Å². The fourth-order valence-electron chi connectivity index (χ4n) is 1.90. The topological polar surface area (TPSA) is 47.4 Å². The van der Waals surface area contributed by atoms with Gasteiger partial charge in [0.05, 0.1) is 18.4 Å². The largest absolute Gasteiger partial charge is 0.444 e. The first-order valence-electron chi connectivity index (χ1n) is 5.97. The van der Waals surface area contributed by atoms with E-state index in [2.05, 4.69) is 9.55 Å². The maximum absolute atomic E-state index is 12.0. The molecule has 6 heteroatoms. The summed E-state index contributed by atoms with van der Waals surface area (Å²) < 4.78 is 7.54. The molecule has 0 radical (unpaired) electrons. The van der Waals surface area contributed by atoms with Crippen molar-refractivity contribution in [2.24, 2.45) is 0 Å². The second-order valence-electron chi connectivity index (χ2n) is 5.29. The lowest BCUT2D eigenvalue weighted by molar-refractivity contribution is 0.0196. The number of carbonyl (C=O) groups is 1. The van der Waals surface area contributed by atoms with Crippen molar-refractivity contribution >= 4 is 17.9 Å². The number of amides is 1. The minimum absolute atomic E-state index is 0.249. The lowest BCUT2D eigenvalue weighted by Crippen LogP contribution is -2.41. The molecule has 1 aromatic heterocycles. The quantitative estimate of drug-likeness (QED) is 0.734.